The number of aromatic nitrogens is 2. The number of nitrogens with zero attached hydrogens (tertiary/aromatic N) is 3. The molecule has 1 aromatic heterocycles. The maximum atomic E-state index is 12.2. The van der Waals surface area contributed by atoms with E-state index in [0.717, 1.165) is 17.9 Å². The van der Waals surface area contributed by atoms with Crippen LogP contribution in [0.4, 0.5) is 0 Å². The van der Waals surface area contributed by atoms with Gasteiger partial charge in [-0.25, -0.2) is 0 Å². The third kappa shape index (κ3) is 3.39. The van der Waals surface area contributed by atoms with E-state index in [2.05, 4.69) is 10.4 Å². The topological polar surface area (TPSA) is 50.2 Å². The monoisotopic (exact) mass is 278 g/mol. The van der Waals surface area contributed by atoms with Crippen molar-refractivity contribution in [3.05, 3.63) is 17.0 Å². The molecule has 0 radical (unpaired) electrons. The van der Waals surface area contributed by atoms with Crippen molar-refractivity contribution < 1.29 is 4.79 Å². The number of rotatable bonds is 6. The summed E-state index contributed by atoms with van der Waals surface area (Å²) in [7, 11) is 1.84. The molecule has 1 aliphatic rings. The molecule has 0 aliphatic heterocycles. The second-order valence-electron chi connectivity index (χ2n) is 6.06. The number of carbonyl (C=O) groups is 1. The fourth-order valence-corrected chi connectivity index (χ4v) is 2.21. The Morgan fingerprint density at radius 1 is 1.45 bits per heavy atom. The lowest BCUT2D eigenvalue weighted by Gasteiger charge is -2.21. The second-order valence-corrected chi connectivity index (χ2v) is 6.06. The number of nitrogens with one attached hydrogen (secondary N) is 1. The normalized spacial score (nSPS) is 14.9. The zero-order chi connectivity index (χ0) is 14.9. The molecule has 2 rings (SSSR count). The number of amides is 1. The van der Waals surface area contributed by atoms with Gasteiger partial charge in [0.05, 0.1) is 5.69 Å². The molecule has 112 valence electrons. The van der Waals surface area contributed by atoms with Crippen LogP contribution in [-0.4, -0.2) is 39.7 Å². The fraction of sp³-hybridized carbons (Fsp3) is 0.733. The molecular formula is C15H26N4O. The minimum Gasteiger partial charge on any atom is -0.342 e. The smallest absolute Gasteiger partial charge is 0.244 e. The zero-order valence-electron chi connectivity index (χ0n) is 13.2. The van der Waals surface area contributed by atoms with Crippen molar-refractivity contribution in [1.82, 2.24) is 20.0 Å². The van der Waals surface area contributed by atoms with Gasteiger partial charge in [0.1, 0.15) is 6.54 Å². The SMILES string of the molecule is Cc1nn(CC(=O)N(C)C(C)C)c(C)c1CNC1CC1. The maximum Gasteiger partial charge on any atom is 0.244 e. The van der Waals surface area contributed by atoms with E-state index in [-0.39, 0.29) is 11.9 Å². The van der Waals surface area contributed by atoms with Gasteiger partial charge in [-0.1, -0.05) is 0 Å². The minimum absolute atomic E-state index is 0.104. The van der Waals surface area contributed by atoms with Crippen LogP contribution >= 0.6 is 0 Å². The Labute approximate surface area is 121 Å². The van der Waals surface area contributed by atoms with E-state index in [0.29, 0.717) is 12.6 Å². The van der Waals surface area contributed by atoms with E-state index < -0.39 is 0 Å². The van der Waals surface area contributed by atoms with E-state index >= 15 is 0 Å². The largest absolute Gasteiger partial charge is 0.342 e. The highest BCUT2D eigenvalue weighted by Gasteiger charge is 2.22. The lowest BCUT2D eigenvalue weighted by molar-refractivity contribution is -0.132. The van der Waals surface area contributed by atoms with Crippen LogP contribution in [-0.2, 0) is 17.9 Å². The predicted molar refractivity (Wildman–Crippen MR) is 79.5 cm³/mol. The Kier molecular flexibility index (Phi) is 4.48. The Morgan fingerprint density at radius 3 is 2.65 bits per heavy atom. The molecule has 1 amide bonds. The first-order valence-corrected chi connectivity index (χ1v) is 7.42. The van der Waals surface area contributed by atoms with Crippen LogP contribution in [0.3, 0.4) is 0 Å². The molecule has 0 aromatic carbocycles. The van der Waals surface area contributed by atoms with Crippen LogP contribution in [0.1, 0.15) is 43.6 Å². The lowest BCUT2D eigenvalue weighted by atomic mass is 10.2. The summed E-state index contributed by atoms with van der Waals surface area (Å²) in [4.78, 5) is 13.9. The Morgan fingerprint density at radius 2 is 2.10 bits per heavy atom. The summed E-state index contributed by atoms with van der Waals surface area (Å²) in [5.41, 5.74) is 3.36. The molecule has 1 aliphatic carbocycles. The summed E-state index contributed by atoms with van der Waals surface area (Å²) in [6.45, 7) is 9.28. The van der Waals surface area contributed by atoms with E-state index in [1.807, 2.05) is 39.4 Å². The molecule has 0 saturated heterocycles. The molecule has 5 heteroatoms. The number of aryl methyl sites for hydroxylation is 1. The van der Waals surface area contributed by atoms with Gasteiger partial charge < -0.3 is 10.2 Å². The first-order chi connectivity index (χ1) is 9.40. The first kappa shape index (κ1) is 15.0. The van der Waals surface area contributed by atoms with Gasteiger partial charge in [-0.15, -0.1) is 0 Å². The molecule has 0 bridgehead atoms. The van der Waals surface area contributed by atoms with Gasteiger partial charge in [0.25, 0.3) is 0 Å². The summed E-state index contributed by atoms with van der Waals surface area (Å²) in [5, 5.41) is 8.03. The van der Waals surface area contributed by atoms with Gasteiger partial charge in [-0.05, 0) is 40.5 Å². The van der Waals surface area contributed by atoms with Crippen molar-refractivity contribution >= 4 is 5.91 Å². The summed E-state index contributed by atoms with van der Waals surface area (Å²) in [6.07, 6.45) is 2.56. The highest BCUT2D eigenvalue weighted by Crippen LogP contribution is 2.21. The van der Waals surface area contributed by atoms with Gasteiger partial charge in [0.15, 0.2) is 0 Å². The van der Waals surface area contributed by atoms with Crippen molar-refractivity contribution in [2.75, 3.05) is 7.05 Å². The van der Waals surface area contributed by atoms with E-state index in [9.17, 15) is 4.79 Å². The van der Waals surface area contributed by atoms with Crippen LogP contribution in [0.2, 0.25) is 0 Å². The predicted octanol–water partition coefficient (Wildman–Crippen LogP) is 1.62. The van der Waals surface area contributed by atoms with Crippen LogP contribution < -0.4 is 5.32 Å². The summed E-state index contributed by atoms with van der Waals surface area (Å²) in [5.74, 6) is 0.104. The zero-order valence-corrected chi connectivity index (χ0v) is 13.2. The molecule has 20 heavy (non-hydrogen) atoms. The average molecular weight is 278 g/mol. The number of hydrogen-bond acceptors (Lipinski definition) is 3. The highest BCUT2D eigenvalue weighted by atomic mass is 16.2. The molecule has 5 nitrogen and oxygen atoms in total. The standard InChI is InChI=1S/C15H26N4O/c1-10(2)18(5)15(20)9-19-12(4)14(11(3)17-19)8-16-13-6-7-13/h10,13,16H,6-9H2,1-5H3. The third-order valence-electron chi connectivity index (χ3n) is 4.13. The Hall–Kier alpha value is -1.36. The molecule has 1 aromatic rings. The molecule has 1 saturated carbocycles. The minimum atomic E-state index is 0.104. The number of hydrogen-bond donors (Lipinski definition) is 1. The van der Waals surface area contributed by atoms with Crippen molar-refractivity contribution in [2.24, 2.45) is 0 Å². The van der Waals surface area contributed by atoms with Crippen LogP contribution in [0.25, 0.3) is 0 Å². The molecule has 0 atom stereocenters. The third-order valence-corrected chi connectivity index (χ3v) is 4.13. The van der Waals surface area contributed by atoms with Gasteiger partial charge in [-0.2, -0.15) is 5.10 Å². The summed E-state index contributed by atoms with van der Waals surface area (Å²) in [6, 6.07) is 0.904. The average Bonchev–Trinajstić information content (AvgIpc) is 3.16. The molecule has 0 unspecified atom stereocenters. The lowest BCUT2D eigenvalue weighted by Crippen LogP contribution is -2.36. The summed E-state index contributed by atoms with van der Waals surface area (Å²) < 4.78 is 1.83. The van der Waals surface area contributed by atoms with E-state index in [1.165, 1.54) is 18.4 Å². The van der Waals surface area contributed by atoms with Crippen molar-refractivity contribution in [2.45, 2.75) is 65.7 Å². The molecule has 0 spiro atoms. The Balaban J connectivity index is 2.04. The first-order valence-electron chi connectivity index (χ1n) is 7.42. The quantitative estimate of drug-likeness (QED) is 0.860. The van der Waals surface area contributed by atoms with Crippen molar-refractivity contribution in [3.63, 3.8) is 0 Å². The van der Waals surface area contributed by atoms with Gasteiger partial charge >= 0.3 is 0 Å². The number of likely N-dealkylation sites (N-methyl/N-ethyl adjacent to an activating group) is 1. The fourth-order valence-electron chi connectivity index (χ4n) is 2.21. The van der Waals surface area contributed by atoms with Gasteiger partial charge in [0.2, 0.25) is 5.91 Å². The van der Waals surface area contributed by atoms with E-state index in [1.54, 1.807) is 4.90 Å². The maximum absolute atomic E-state index is 12.2. The van der Waals surface area contributed by atoms with Gasteiger partial charge in [0, 0.05) is 36.9 Å². The van der Waals surface area contributed by atoms with E-state index in [4.69, 9.17) is 0 Å². The Bertz CT molecular complexity index is 488. The second kappa shape index (κ2) is 5.95. The van der Waals surface area contributed by atoms with Crippen LogP contribution in [0.15, 0.2) is 0 Å². The van der Waals surface area contributed by atoms with Crippen molar-refractivity contribution in [1.29, 1.82) is 0 Å². The number of carbonyl (C=O) groups excluding carboxylic acids is 1. The molecule has 1 fully saturated rings. The van der Waals surface area contributed by atoms with Crippen LogP contribution in [0.5, 0.6) is 0 Å². The molecule has 1 heterocycles. The highest BCUT2D eigenvalue weighted by molar-refractivity contribution is 5.76. The molecular weight excluding hydrogens is 252 g/mol. The van der Waals surface area contributed by atoms with Crippen molar-refractivity contribution in [3.8, 4) is 0 Å². The summed E-state index contributed by atoms with van der Waals surface area (Å²) >= 11 is 0. The molecule has 1 N–H and O–H groups in total. The van der Waals surface area contributed by atoms with Gasteiger partial charge in [-0.3, -0.25) is 9.48 Å². The van der Waals surface area contributed by atoms with Crippen LogP contribution in [0, 0.1) is 13.8 Å².